The van der Waals surface area contributed by atoms with E-state index in [1.807, 2.05) is 55.7 Å². The van der Waals surface area contributed by atoms with Crippen molar-refractivity contribution in [2.45, 2.75) is 135 Å². The molecule has 2 N–H and O–H groups in total. The molecular formula is C42H63N5O10. The van der Waals surface area contributed by atoms with Crippen LogP contribution in [0, 0.1) is 29.6 Å². The number of cyclic esters (lactones) is 1. The zero-order valence-corrected chi connectivity index (χ0v) is 35.3. The minimum atomic E-state index is -1.40. The van der Waals surface area contributed by atoms with Crippen LogP contribution in [0.5, 0.6) is 0 Å². The van der Waals surface area contributed by atoms with Crippen LogP contribution in [0.25, 0.3) is 11.3 Å². The molecule has 0 bridgehead atoms. The molecule has 2 aromatic rings. The molecule has 3 fully saturated rings. The highest BCUT2D eigenvalue weighted by Crippen LogP contribution is 2.45. The second kappa shape index (κ2) is 18.1. The Balaban J connectivity index is 1.47. The van der Waals surface area contributed by atoms with Gasteiger partial charge in [0.05, 0.1) is 29.8 Å². The number of nitrogens with one attached hydrogen (secondary N) is 1. The molecule has 15 nitrogen and oxygen atoms in total. The van der Waals surface area contributed by atoms with E-state index in [0.717, 1.165) is 11.3 Å². The molecule has 5 rings (SSSR count). The second-order valence-electron chi connectivity index (χ2n) is 17.0. The Bertz CT molecular complexity index is 1720. The molecule has 57 heavy (non-hydrogen) atoms. The smallest absolute Gasteiger partial charge is 0.324 e. The monoisotopic (exact) mass is 797 g/mol. The Labute approximate surface area is 336 Å². The average molecular weight is 798 g/mol. The molecule has 0 unspecified atom stereocenters. The van der Waals surface area contributed by atoms with E-state index < -0.39 is 89.2 Å². The van der Waals surface area contributed by atoms with Gasteiger partial charge in [0, 0.05) is 74.1 Å². The predicted molar refractivity (Wildman–Crippen MR) is 209 cm³/mol. The van der Waals surface area contributed by atoms with Gasteiger partial charge in [-0.2, -0.15) is 0 Å². The predicted octanol–water partition coefficient (Wildman–Crippen LogP) is 3.46. The second-order valence-corrected chi connectivity index (χ2v) is 17.0. The van der Waals surface area contributed by atoms with Gasteiger partial charge in [-0.25, -0.2) is 4.98 Å². The van der Waals surface area contributed by atoms with E-state index in [4.69, 9.17) is 23.7 Å². The summed E-state index contributed by atoms with van der Waals surface area (Å²) in [4.78, 5) is 67.4. The number of pyridine rings is 1. The van der Waals surface area contributed by atoms with Crippen LogP contribution in [0.1, 0.15) is 74.7 Å². The third-order valence-corrected chi connectivity index (χ3v) is 12.7. The lowest BCUT2D eigenvalue weighted by molar-refractivity contribution is -0.295. The Hall–Kier alpha value is -3.60. The largest absolute Gasteiger partial charge is 0.458 e. The van der Waals surface area contributed by atoms with Gasteiger partial charge in [0.15, 0.2) is 17.7 Å². The van der Waals surface area contributed by atoms with Crippen molar-refractivity contribution in [3.63, 3.8) is 0 Å². The van der Waals surface area contributed by atoms with Gasteiger partial charge < -0.3 is 43.6 Å². The Kier molecular flexibility index (Phi) is 14.1. The molecule has 316 valence electrons. The Morgan fingerprint density at radius 1 is 1.05 bits per heavy atom. The minimum Gasteiger partial charge on any atom is -0.458 e. The molecule has 0 spiro atoms. The number of methoxy groups -OCH3 is 1. The molecule has 0 aromatic carbocycles. The quantitative estimate of drug-likeness (QED) is 0.264. The molecule has 0 amide bonds. The number of hydrogen-bond donors (Lipinski definition) is 2. The van der Waals surface area contributed by atoms with Crippen LogP contribution >= 0.6 is 0 Å². The number of hydrogen-bond acceptors (Lipinski definition) is 14. The first-order valence-corrected chi connectivity index (χ1v) is 20.2. The molecule has 0 radical (unpaired) electrons. The van der Waals surface area contributed by atoms with Crippen molar-refractivity contribution in [3.8, 4) is 11.3 Å². The maximum atomic E-state index is 14.7. The number of aromatic nitrogens is 3. The SMILES string of the molecule is CC[C@H]1OC(=O)[C@H](C)C(=O)[C@H](C)[C@@H](O[C@@H]2O[C@H](C)C[C@H](N(C)C)[C@H]2O)[C@](C)(OC)C[C@@H](C)C(=O)[C@H](C)[C@H]2[C@H](NCCn3cnc(-c4cccnc4)c3)C(=O)O[C@@]21C. The maximum absolute atomic E-state index is 14.7. The van der Waals surface area contributed by atoms with Crippen molar-refractivity contribution < 1.29 is 48.0 Å². The Morgan fingerprint density at radius 2 is 1.77 bits per heavy atom. The fraction of sp³-hybridized carbons (Fsp3) is 0.714. The van der Waals surface area contributed by atoms with Gasteiger partial charge in [-0.1, -0.05) is 27.7 Å². The first kappa shape index (κ1) is 44.5. The third-order valence-electron chi connectivity index (χ3n) is 12.7. The van der Waals surface area contributed by atoms with E-state index >= 15 is 0 Å². The number of carbonyl (C=O) groups is 4. The van der Waals surface area contributed by atoms with E-state index in [1.54, 1.807) is 53.3 Å². The first-order chi connectivity index (χ1) is 26.9. The summed E-state index contributed by atoms with van der Waals surface area (Å²) in [6.45, 7) is 14.7. The zero-order valence-electron chi connectivity index (χ0n) is 35.3. The summed E-state index contributed by atoms with van der Waals surface area (Å²) in [5, 5.41) is 14.8. The van der Waals surface area contributed by atoms with E-state index in [0.29, 0.717) is 19.5 Å². The van der Waals surface area contributed by atoms with Crippen molar-refractivity contribution in [1.29, 1.82) is 0 Å². The first-order valence-electron chi connectivity index (χ1n) is 20.2. The summed E-state index contributed by atoms with van der Waals surface area (Å²) in [6, 6.07) is 2.57. The standard InChI is InChI=1S/C42H63N5O10/c1-12-31-42(8)32(33(39(52)57-42)44-16-17-47-21-29(45-22-47)28-14-13-15-43-20-28)25(4)34(48)23(2)19-41(7,53-11)37(26(5)35(49)27(6)38(51)55-31)56-40-36(50)30(46(9)10)18-24(3)54-40/h13-15,20-27,30-33,36-37,40,44,50H,12,16-19H2,1-11H3/t23-,24-,25-,26+,27-,30+,31-,32+,33+,36-,37-,40+,41-,42-/m1/s1. The van der Waals surface area contributed by atoms with Crippen molar-refractivity contribution >= 4 is 23.5 Å². The van der Waals surface area contributed by atoms with E-state index in [1.165, 1.54) is 14.0 Å². The normalized spacial score (nSPS) is 38.4. The summed E-state index contributed by atoms with van der Waals surface area (Å²) >= 11 is 0. The number of aliphatic hydroxyl groups excluding tert-OH is 1. The lowest BCUT2D eigenvalue weighted by Crippen LogP contribution is -2.59. The van der Waals surface area contributed by atoms with Crippen LogP contribution in [-0.2, 0) is 49.4 Å². The van der Waals surface area contributed by atoms with E-state index in [-0.39, 0.29) is 30.8 Å². The topological polar surface area (TPSA) is 181 Å². The fourth-order valence-corrected chi connectivity index (χ4v) is 9.34. The molecule has 5 heterocycles. The molecule has 3 aliphatic rings. The minimum absolute atomic E-state index is 0.122. The number of imidazole rings is 1. The summed E-state index contributed by atoms with van der Waals surface area (Å²) in [6.07, 6.45) is 3.53. The van der Waals surface area contributed by atoms with Crippen LogP contribution in [-0.4, -0.2) is 130 Å². The number of likely N-dealkylation sites (N-methyl/N-ethyl adjacent to an activating group) is 1. The van der Waals surface area contributed by atoms with Crippen molar-refractivity contribution in [2.24, 2.45) is 29.6 Å². The van der Waals surface area contributed by atoms with Gasteiger partial charge in [0.1, 0.15) is 30.0 Å². The number of Topliss-reactive ketones (excluding diaryl/α,β-unsaturated/α-hetero) is 2. The van der Waals surface area contributed by atoms with Gasteiger partial charge in [0.25, 0.3) is 0 Å². The molecule has 15 heteroatoms. The number of ether oxygens (including phenoxy) is 5. The van der Waals surface area contributed by atoms with Crippen LogP contribution in [0.4, 0.5) is 0 Å². The number of ketones is 2. The van der Waals surface area contributed by atoms with Gasteiger partial charge in [-0.15, -0.1) is 0 Å². The van der Waals surface area contributed by atoms with Gasteiger partial charge >= 0.3 is 11.9 Å². The van der Waals surface area contributed by atoms with Crippen molar-refractivity contribution in [2.75, 3.05) is 27.7 Å². The lowest BCUT2D eigenvalue weighted by Gasteiger charge is -2.47. The number of nitrogens with zero attached hydrogens (tertiary/aromatic N) is 4. The summed E-state index contributed by atoms with van der Waals surface area (Å²) in [5.74, 6) is -6.31. The number of esters is 2. The molecular weight excluding hydrogens is 734 g/mol. The van der Waals surface area contributed by atoms with Gasteiger partial charge in [0.2, 0.25) is 0 Å². The molecule has 14 atom stereocenters. The third kappa shape index (κ3) is 9.18. The van der Waals surface area contributed by atoms with Gasteiger partial charge in [-0.3, -0.25) is 24.2 Å². The lowest BCUT2D eigenvalue weighted by atomic mass is 9.69. The number of rotatable bonds is 10. The number of aliphatic hydroxyl groups is 1. The maximum Gasteiger partial charge on any atom is 0.324 e. The summed E-state index contributed by atoms with van der Waals surface area (Å²) < 4.78 is 33.1. The number of fused-ring (bicyclic) bond motifs is 1. The molecule has 0 saturated carbocycles. The average Bonchev–Trinajstić information content (AvgIpc) is 3.76. The van der Waals surface area contributed by atoms with Crippen molar-refractivity contribution in [3.05, 3.63) is 37.1 Å². The molecule has 0 aliphatic carbocycles. The van der Waals surface area contributed by atoms with E-state index in [9.17, 15) is 24.3 Å². The Morgan fingerprint density at radius 3 is 2.40 bits per heavy atom. The van der Waals surface area contributed by atoms with Crippen molar-refractivity contribution in [1.82, 2.24) is 24.8 Å². The fourth-order valence-electron chi connectivity index (χ4n) is 9.34. The van der Waals surface area contributed by atoms with Crippen LogP contribution in [0.3, 0.4) is 0 Å². The highest BCUT2D eigenvalue weighted by molar-refractivity contribution is 6.00. The molecule has 3 saturated heterocycles. The van der Waals surface area contributed by atoms with E-state index in [2.05, 4.69) is 15.3 Å². The van der Waals surface area contributed by atoms with Crippen LogP contribution < -0.4 is 5.32 Å². The number of carbonyl (C=O) groups excluding carboxylic acids is 4. The summed E-state index contributed by atoms with van der Waals surface area (Å²) in [7, 11) is 5.23. The zero-order chi connectivity index (χ0) is 42.0. The summed E-state index contributed by atoms with van der Waals surface area (Å²) in [5.41, 5.74) is -1.04. The highest BCUT2D eigenvalue weighted by Gasteiger charge is 2.61. The molecule has 2 aromatic heterocycles. The highest BCUT2D eigenvalue weighted by atomic mass is 16.7. The van der Waals surface area contributed by atoms with Crippen LogP contribution in [0.2, 0.25) is 0 Å². The van der Waals surface area contributed by atoms with Gasteiger partial charge in [-0.05, 0) is 73.2 Å². The van der Waals surface area contributed by atoms with Crippen LogP contribution in [0.15, 0.2) is 37.1 Å². The molecule has 3 aliphatic heterocycles.